The molecule has 0 atom stereocenters. The van der Waals surface area contributed by atoms with E-state index < -0.39 is 0 Å². The van der Waals surface area contributed by atoms with Crippen LogP contribution in [0.5, 0.6) is 0 Å². The Morgan fingerprint density at radius 3 is 2.38 bits per heavy atom. The number of hydrogen-bond donors (Lipinski definition) is 0. The standard InChI is InChI=1S/C11H14O2/c1-2-12-8-9-13-10-11-6-4-3-5-7-11/h1,3-7H,2,8-10H2. The zero-order valence-electron chi connectivity index (χ0n) is 7.61. The molecular formula is C11H14O2. The second-order valence-electron chi connectivity index (χ2n) is 2.61. The van der Waals surface area contributed by atoms with Gasteiger partial charge in [0, 0.05) is 0 Å². The number of benzene rings is 1. The minimum absolute atomic E-state index is 0.259. The molecule has 1 rings (SSSR count). The number of ether oxygens (including phenoxy) is 2. The Bertz CT molecular complexity index is 209. The monoisotopic (exact) mass is 178 g/mol. The fourth-order valence-electron chi connectivity index (χ4n) is 0.965. The van der Waals surface area contributed by atoms with E-state index in [-0.39, 0.29) is 6.61 Å². The first-order valence-electron chi connectivity index (χ1n) is 4.33. The average Bonchev–Trinajstić information content (AvgIpc) is 2.19. The number of hydrogen-bond acceptors (Lipinski definition) is 2. The van der Waals surface area contributed by atoms with Gasteiger partial charge in [-0.1, -0.05) is 30.3 Å². The topological polar surface area (TPSA) is 18.5 Å². The predicted octanol–water partition coefficient (Wildman–Crippen LogP) is 1.93. The molecule has 0 saturated carbocycles. The summed E-state index contributed by atoms with van der Waals surface area (Å²) in [4.78, 5) is 0. The zero-order valence-corrected chi connectivity index (χ0v) is 7.61. The van der Waals surface area contributed by atoms with Gasteiger partial charge in [-0.25, -0.2) is 0 Å². The van der Waals surface area contributed by atoms with E-state index in [0.717, 1.165) is 0 Å². The highest BCUT2D eigenvalue weighted by molar-refractivity contribution is 5.13. The van der Waals surface area contributed by atoms with Gasteiger partial charge in [0.2, 0.25) is 0 Å². The molecule has 2 radical (unpaired) electrons. The van der Waals surface area contributed by atoms with Crippen LogP contribution in [0.3, 0.4) is 0 Å². The van der Waals surface area contributed by atoms with E-state index in [1.54, 1.807) is 0 Å². The lowest BCUT2D eigenvalue weighted by atomic mass is 10.2. The fourth-order valence-corrected chi connectivity index (χ4v) is 0.965. The molecule has 0 saturated heterocycles. The van der Waals surface area contributed by atoms with E-state index >= 15 is 0 Å². The Morgan fingerprint density at radius 2 is 1.69 bits per heavy atom. The summed E-state index contributed by atoms with van der Waals surface area (Å²) in [5.41, 5.74) is 1.18. The van der Waals surface area contributed by atoms with Crippen LogP contribution < -0.4 is 0 Å². The molecular weight excluding hydrogens is 164 g/mol. The SMILES string of the molecule is [CH]COCCOCc1ccccc1. The van der Waals surface area contributed by atoms with E-state index in [4.69, 9.17) is 16.4 Å². The smallest absolute Gasteiger partial charge is 0.0718 e. The number of rotatable bonds is 6. The fraction of sp³-hybridized carbons (Fsp3) is 0.364. The maximum atomic E-state index is 5.34. The molecule has 0 aliphatic carbocycles. The van der Waals surface area contributed by atoms with Gasteiger partial charge in [0.1, 0.15) is 0 Å². The third kappa shape index (κ3) is 4.65. The van der Waals surface area contributed by atoms with Crippen molar-refractivity contribution >= 4 is 0 Å². The molecule has 0 aliphatic heterocycles. The molecule has 1 aromatic carbocycles. The molecule has 2 nitrogen and oxygen atoms in total. The highest BCUT2D eigenvalue weighted by Gasteiger charge is 1.90. The van der Waals surface area contributed by atoms with E-state index in [1.165, 1.54) is 5.56 Å². The van der Waals surface area contributed by atoms with Gasteiger partial charge in [0.15, 0.2) is 0 Å². The van der Waals surface area contributed by atoms with Crippen LogP contribution in [0.1, 0.15) is 5.56 Å². The van der Waals surface area contributed by atoms with Gasteiger partial charge in [0.25, 0.3) is 0 Å². The van der Waals surface area contributed by atoms with Gasteiger partial charge in [-0.3, -0.25) is 0 Å². The van der Waals surface area contributed by atoms with Crippen LogP contribution in [-0.2, 0) is 16.1 Å². The van der Waals surface area contributed by atoms with E-state index in [0.29, 0.717) is 19.8 Å². The highest BCUT2D eigenvalue weighted by atomic mass is 16.5. The Balaban J connectivity index is 2.07. The van der Waals surface area contributed by atoms with E-state index in [1.807, 2.05) is 30.3 Å². The molecule has 0 unspecified atom stereocenters. The Morgan fingerprint density at radius 1 is 1.00 bits per heavy atom. The second kappa shape index (κ2) is 6.63. The molecule has 70 valence electrons. The summed E-state index contributed by atoms with van der Waals surface area (Å²) in [6, 6.07) is 10.0. The van der Waals surface area contributed by atoms with Crippen molar-refractivity contribution in [3.8, 4) is 0 Å². The van der Waals surface area contributed by atoms with Crippen LogP contribution in [0.2, 0.25) is 0 Å². The van der Waals surface area contributed by atoms with Crippen molar-refractivity contribution in [1.29, 1.82) is 0 Å². The lowest BCUT2D eigenvalue weighted by molar-refractivity contribution is 0.0499. The van der Waals surface area contributed by atoms with Crippen LogP contribution in [0, 0.1) is 6.92 Å². The van der Waals surface area contributed by atoms with Crippen LogP contribution in [-0.4, -0.2) is 19.8 Å². The zero-order chi connectivity index (χ0) is 9.36. The third-order valence-corrected chi connectivity index (χ3v) is 1.60. The van der Waals surface area contributed by atoms with Gasteiger partial charge < -0.3 is 9.47 Å². The summed E-state index contributed by atoms with van der Waals surface area (Å²) < 4.78 is 10.3. The Labute approximate surface area is 79.5 Å². The quantitative estimate of drug-likeness (QED) is 0.620. The molecule has 13 heavy (non-hydrogen) atoms. The Kier molecular flexibility index (Phi) is 5.22. The first-order valence-corrected chi connectivity index (χ1v) is 4.33. The summed E-state index contributed by atoms with van der Waals surface area (Å²) in [5.74, 6) is 0. The van der Waals surface area contributed by atoms with Crippen molar-refractivity contribution in [3.63, 3.8) is 0 Å². The average molecular weight is 178 g/mol. The van der Waals surface area contributed by atoms with Crippen LogP contribution in [0.4, 0.5) is 0 Å². The first-order chi connectivity index (χ1) is 6.43. The molecule has 0 amide bonds. The summed E-state index contributed by atoms with van der Waals surface area (Å²) in [7, 11) is 0. The maximum Gasteiger partial charge on any atom is 0.0718 e. The minimum Gasteiger partial charge on any atom is -0.379 e. The molecule has 0 aromatic heterocycles. The largest absolute Gasteiger partial charge is 0.379 e. The lowest BCUT2D eigenvalue weighted by Crippen LogP contribution is -2.03. The van der Waals surface area contributed by atoms with Gasteiger partial charge in [-0.2, -0.15) is 0 Å². The predicted molar refractivity (Wildman–Crippen MR) is 51.2 cm³/mol. The minimum atomic E-state index is 0.259. The van der Waals surface area contributed by atoms with Crippen molar-refractivity contribution in [2.45, 2.75) is 6.61 Å². The maximum absolute atomic E-state index is 5.34. The highest BCUT2D eigenvalue weighted by Crippen LogP contribution is 1.99. The van der Waals surface area contributed by atoms with Crippen LogP contribution in [0.15, 0.2) is 30.3 Å². The molecule has 0 aliphatic rings. The summed E-state index contributed by atoms with van der Waals surface area (Å²) >= 11 is 0. The molecule has 0 N–H and O–H groups in total. The van der Waals surface area contributed by atoms with Crippen LogP contribution >= 0.6 is 0 Å². The van der Waals surface area contributed by atoms with Crippen molar-refractivity contribution in [1.82, 2.24) is 0 Å². The molecule has 0 heterocycles. The molecule has 2 heteroatoms. The van der Waals surface area contributed by atoms with Gasteiger partial charge in [0.05, 0.1) is 26.4 Å². The van der Waals surface area contributed by atoms with E-state index in [2.05, 4.69) is 0 Å². The van der Waals surface area contributed by atoms with Crippen molar-refractivity contribution < 1.29 is 9.47 Å². The van der Waals surface area contributed by atoms with Crippen LogP contribution in [0.25, 0.3) is 0 Å². The van der Waals surface area contributed by atoms with Crippen molar-refractivity contribution in [3.05, 3.63) is 42.8 Å². The lowest BCUT2D eigenvalue weighted by Gasteiger charge is -2.03. The molecule has 0 bridgehead atoms. The van der Waals surface area contributed by atoms with Gasteiger partial charge in [-0.15, -0.1) is 0 Å². The van der Waals surface area contributed by atoms with Crippen molar-refractivity contribution in [2.75, 3.05) is 19.8 Å². The van der Waals surface area contributed by atoms with E-state index in [9.17, 15) is 0 Å². The Hall–Kier alpha value is -0.860. The summed E-state index contributed by atoms with van der Waals surface area (Å²) in [6.45, 7) is 7.18. The first kappa shape index (κ1) is 10.2. The summed E-state index contributed by atoms with van der Waals surface area (Å²) in [6.07, 6.45) is 0. The molecule has 1 aromatic rings. The van der Waals surface area contributed by atoms with Gasteiger partial charge >= 0.3 is 0 Å². The molecule has 0 spiro atoms. The second-order valence-corrected chi connectivity index (χ2v) is 2.61. The molecule has 0 fully saturated rings. The summed E-state index contributed by atoms with van der Waals surface area (Å²) in [5, 5.41) is 0. The van der Waals surface area contributed by atoms with Gasteiger partial charge in [-0.05, 0) is 12.5 Å². The third-order valence-electron chi connectivity index (χ3n) is 1.60. The normalized spacial score (nSPS) is 10.2. The van der Waals surface area contributed by atoms with Crippen molar-refractivity contribution in [2.24, 2.45) is 0 Å².